The molecule has 0 radical (unpaired) electrons. The fraction of sp³-hybridized carbons (Fsp3) is 0.333. The molecule has 0 bridgehead atoms. The Morgan fingerprint density at radius 1 is 1.04 bits per heavy atom. The average Bonchev–Trinajstić information content (AvgIpc) is 2.56. The number of ether oxygens (including phenoxy) is 1. The summed E-state index contributed by atoms with van der Waals surface area (Å²) in [5, 5.41) is 11.4. The monoisotopic (exact) mass is 583 g/mol. The number of hydrogen-bond donors (Lipinski definition) is 1. The third-order valence-electron chi connectivity index (χ3n) is 3.44. The molecule has 26 heavy (non-hydrogen) atoms. The summed E-state index contributed by atoms with van der Waals surface area (Å²) in [6.07, 6.45) is 8.72. The zero-order valence-electron chi connectivity index (χ0n) is 15.0. The fourth-order valence-corrected chi connectivity index (χ4v) is 2.09. The smallest absolute Gasteiger partial charge is 0.257 e. The van der Waals surface area contributed by atoms with Gasteiger partial charge in [0.1, 0.15) is 0 Å². The van der Waals surface area contributed by atoms with Gasteiger partial charge in [0.15, 0.2) is 30.6 Å². The van der Waals surface area contributed by atoms with E-state index in [1.165, 1.54) is 6.21 Å². The molecule has 2 rings (SSSR count). The lowest BCUT2D eigenvalue weighted by Crippen LogP contribution is -3.00. The van der Waals surface area contributed by atoms with Gasteiger partial charge in [0.2, 0.25) is 0 Å². The van der Waals surface area contributed by atoms with Crippen LogP contribution >= 0.6 is 0 Å². The molecule has 2 aromatic heterocycles. The molecule has 0 fully saturated rings. The van der Waals surface area contributed by atoms with Crippen LogP contribution in [-0.4, -0.2) is 17.2 Å². The van der Waals surface area contributed by atoms with Crippen molar-refractivity contribution in [2.45, 2.75) is 34.2 Å². The minimum absolute atomic E-state index is 0. The average molecular weight is 583 g/mol. The molecule has 0 aliphatic carbocycles. The van der Waals surface area contributed by atoms with Crippen LogP contribution in [0.15, 0.2) is 54.2 Å². The first kappa shape index (κ1) is 24.9. The van der Waals surface area contributed by atoms with Crippen LogP contribution in [0.25, 0.3) is 0 Å². The maximum absolute atomic E-state index is 12.2. The van der Waals surface area contributed by atoms with Gasteiger partial charge in [-0.25, -0.2) is 0 Å². The van der Waals surface area contributed by atoms with Crippen LogP contribution in [0.5, 0.6) is 0 Å². The highest BCUT2D eigenvalue weighted by atomic mass is 127. The van der Waals surface area contributed by atoms with Gasteiger partial charge in [-0.1, -0.05) is 25.9 Å². The number of rotatable bonds is 6. The Morgan fingerprint density at radius 2 is 1.50 bits per heavy atom. The summed E-state index contributed by atoms with van der Waals surface area (Å²) in [5.41, 5.74) is 1.13. The Morgan fingerprint density at radius 3 is 1.92 bits per heavy atom. The topological polar surface area (TPSA) is 66.7 Å². The van der Waals surface area contributed by atoms with E-state index in [1.807, 2.05) is 79.0 Å². The van der Waals surface area contributed by atoms with E-state index in [0.29, 0.717) is 19.0 Å². The van der Waals surface area contributed by atoms with E-state index in [4.69, 9.17) is 9.94 Å². The van der Waals surface area contributed by atoms with E-state index < -0.39 is 0 Å². The summed E-state index contributed by atoms with van der Waals surface area (Å²) in [5.74, 6) is 0.123. The second-order valence-corrected chi connectivity index (χ2v) is 6.53. The minimum Gasteiger partial charge on any atom is -1.00 e. The van der Waals surface area contributed by atoms with Gasteiger partial charge in [0.05, 0.1) is 6.21 Å². The fourth-order valence-electron chi connectivity index (χ4n) is 2.09. The molecule has 0 amide bonds. The van der Waals surface area contributed by atoms with Gasteiger partial charge in [-0.3, -0.25) is 9.53 Å². The second-order valence-electron chi connectivity index (χ2n) is 6.53. The number of Topliss-reactive ketones (excluding diaryl/α,β-unsaturated/α-hetero) is 1. The summed E-state index contributed by atoms with van der Waals surface area (Å²) in [6, 6.07) is 7.27. The van der Waals surface area contributed by atoms with Crippen molar-refractivity contribution in [1.29, 1.82) is 0 Å². The third-order valence-corrected chi connectivity index (χ3v) is 3.44. The lowest BCUT2D eigenvalue weighted by molar-refractivity contribution is -0.788. The molecule has 0 unspecified atom stereocenters. The van der Waals surface area contributed by atoms with Crippen molar-refractivity contribution in [1.82, 2.24) is 0 Å². The predicted octanol–water partition coefficient (Wildman–Crippen LogP) is -4.06. The van der Waals surface area contributed by atoms with Crippen molar-refractivity contribution < 1.29 is 71.8 Å². The predicted molar refractivity (Wildman–Crippen MR) is 87.5 cm³/mol. The van der Waals surface area contributed by atoms with Crippen molar-refractivity contribution in [3.05, 3.63) is 60.2 Å². The number of ketones is 1. The van der Waals surface area contributed by atoms with E-state index in [2.05, 4.69) is 5.16 Å². The lowest BCUT2D eigenvalue weighted by Gasteiger charge is -2.15. The molecule has 0 aliphatic rings. The highest BCUT2D eigenvalue weighted by Gasteiger charge is 2.23. The third kappa shape index (κ3) is 7.62. The number of oxime groups is 1. The first-order chi connectivity index (χ1) is 11.4. The lowest BCUT2D eigenvalue weighted by atomic mass is 9.87. The summed E-state index contributed by atoms with van der Waals surface area (Å²) in [7, 11) is 0. The summed E-state index contributed by atoms with van der Waals surface area (Å²) < 4.78 is 9.37. The second kappa shape index (κ2) is 11.5. The maximum Gasteiger partial charge on any atom is 0.257 e. The van der Waals surface area contributed by atoms with Crippen LogP contribution in [0.3, 0.4) is 0 Å². The van der Waals surface area contributed by atoms with Crippen LogP contribution in [0.1, 0.15) is 36.7 Å². The van der Waals surface area contributed by atoms with E-state index in [9.17, 15) is 4.79 Å². The molecule has 0 spiro atoms. The molecule has 2 aromatic rings. The van der Waals surface area contributed by atoms with Crippen LogP contribution in [0, 0.1) is 5.41 Å². The molecule has 0 saturated carbocycles. The van der Waals surface area contributed by atoms with E-state index >= 15 is 0 Å². The SMILES string of the molecule is CC(C)(C)C(=O)c1cc[n+](COC[n+]2ccc(/C=N\O)cc2)cc1.[I-].[I-]. The number of carbonyl (C=O) groups is 1. The van der Waals surface area contributed by atoms with Crippen molar-refractivity contribution in [3.8, 4) is 0 Å². The summed E-state index contributed by atoms with van der Waals surface area (Å²) >= 11 is 0. The van der Waals surface area contributed by atoms with Crippen molar-refractivity contribution >= 4 is 12.0 Å². The van der Waals surface area contributed by atoms with Crippen LogP contribution in [0.4, 0.5) is 0 Å². The molecule has 6 nitrogen and oxygen atoms in total. The number of nitrogens with zero attached hydrogens (tertiary/aromatic N) is 3. The van der Waals surface area contributed by atoms with Gasteiger partial charge < -0.3 is 53.2 Å². The normalized spacial score (nSPS) is 10.9. The molecule has 0 atom stereocenters. The molecule has 2 heterocycles. The zero-order chi connectivity index (χ0) is 17.6. The Hall–Kier alpha value is -1.14. The highest BCUT2D eigenvalue weighted by Crippen LogP contribution is 2.19. The molecule has 142 valence electrons. The maximum atomic E-state index is 12.2. The van der Waals surface area contributed by atoms with Crippen molar-refractivity contribution in [2.24, 2.45) is 10.6 Å². The molecular formula is C18H23I2N3O3. The molecule has 0 saturated heterocycles. The zero-order valence-corrected chi connectivity index (χ0v) is 19.3. The molecule has 0 aromatic carbocycles. The van der Waals surface area contributed by atoms with Crippen molar-refractivity contribution in [3.63, 3.8) is 0 Å². The Bertz CT molecular complexity index is 712. The Balaban J connectivity index is 0.00000312. The number of hydrogen-bond acceptors (Lipinski definition) is 4. The van der Waals surface area contributed by atoms with Gasteiger partial charge in [0.25, 0.3) is 13.5 Å². The molecular weight excluding hydrogens is 560 g/mol. The standard InChI is InChI=1S/C18H22N3O3.2HI/c1-18(2,3)17(22)16-6-10-21(11-7-16)14-24-13-20-8-4-15(5-9-20)12-19-23;;/h4-12H,13-14H2,1-3H3;2*1H/q+1;;/p-1. The minimum atomic E-state index is -0.383. The summed E-state index contributed by atoms with van der Waals surface area (Å²) in [4.78, 5) is 12.2. The Kier molecular flexibility index (Phi) is 11.0. The number of pyridine rings is 2. The van der Waals surface area contributed by atoms with Crippen LogP contribution < -0.4 is 57.1 Å². The van der Waals surface area contributed by atoms with E-state index in [-0.39, 0.29) is 59.2 Å². The molecule has 1 N–H and O–H groups in total. The van der Waals surface area contributed by atoms with Gasteiger partial charge in [-0.05, 0) is 0 Å². The largest absolute Gasteiger partial charge is 1.00 e. The number of aromatic nitrogens is 2. The number of carbonyl (C=O) groups excluding carboxylic acids is 1. The van der Waals surface area contributed by atoms with E-state index in [1.54, 1.807) is 0 Å². The van der Waals surface area contributed by atoms with Crippen LogP contribution in [0.2, 0.25) is 0 Å². The van der Waals surface area contributed by atoms with Crippen molar-refractivity contribution in [2.75, 3.05) is 0 Å². The first-order valence-electron chi connectivity index (χ1n) is 7.68. The highest BCUT2D eigenvalue weighted by molar-refractivity contribution is 5.99. The molecule has 8 heteroatoms. The Labute approximate surface area is 187 Å². The summed E-state index contributed by atoms with van der Waals surface area (Å²) in [6.45, 7) is 6.51. The van der Waals surface area contributed by atoms with Gasteiger partial charge in [0, 0.05) is 40.8 Å². The molecule has 0 aliphatic heterocycles. The van der Waals surface area contributed by atoms with Gasteiger partial charge in [-0.2, -0.15) is 9.13 Å². The van der Waals surface area contributed by atoms with E-state index in [0.717, 1.165) is 5.56 Å². The van der Waals surface area contributed by atoms with Gasteiger partial charge in [-0.15, -0.1) is 0 Å². The first-order valence-corrected chi connectivity index (χ1v) is 7.68. The quantitative estimate of drug-likeness (QED) is 0.0942. The number of halogens is 2. The van der Waals surface area contributed by atoms with Crippen LogP contribution in [-0.2, 0) is 18.2 Å². The van der Waals surface area contributed by atoms with Gasteiger partial charge >= 0.3 is 0 Å².